The molecule has 8 heteroatoms. The highest BCUT2D eigenvalue weighted by Gasteiger charge is 2.35. The zero-order chi connectivity index (χ0) is 26.6. The van der Waals surface area contributed by atoms with Gasteiger partial charge < -0.3 is 9.47 Å². The summed E-state index contributed by atoms with van der Waals surface area (Å²) in [7, 11) is 0. The van der Waals surface area contributed by atoms with Crippen LogP contribution in [-0.2, 0) is 16.8 Å². The molecule has 1 aliphatic rings. The molecule has 4 rings (SSSR count). The average Bonchev–Trinajstić information content (AvgIpc) is 3.11. The van der Waals surface area contributed by atoms with Crippen LogP contribution in [-0.4, -0.2) is 29.3 Å². The van der Waals surface area contributed by atoms with Crippen molar-refractivity contribution < 1.29 is 23.5 Å². The Balaban J connectivity index is 1.41. The maximum absolute atomic E-state index is 14.1. The van der Waals surface area contributed by atoms with E-state index >= 15 is 0 Å². The van der Waals surface area contributed by atoms with E-state index in [0.717, 1.165) is 26.9 Å². The summed E-state index contributed by atoms with van der Waals surface area (Å²) in [6, 6.07) is 19.5. The first kappa shape index (κ1) is 26.9. The Labute approximate surface area is 228 Å². The summed E-state index contributed by atoms with van der Waals surface area (Å²) in [6.07, 6.45) is 1.63. The van der Waals surface area contributed by atoms with Crippen molar-refractivity contribution in [3.8, 4) is 11.5 Å². The molecule has 0 atom stereocenters. The summed E-state index contributed by atoms with van der Waals surface area (Å²) in [5.74, 6) is 0.382. The lowest BCUT2D eigenvalue weighted by atomic mass is 9.87. The van der Waals surface area contributed by atoms with Gasteiger partial charge in [0.05, 0.1) is 11.4 Å². The molecule has 0 spiro atoms. The van der Waals surface area contributed by atoms with E-state index < -0.39 is 17.0 Å². The van der Waals surface area contributed by atoms with Crippen LogP contribution in [0.1, 0.15) is 37.5 Å². The molecule has 0 radical (unpaired) electrons. The zero-order valence-electron chi connectivity index (χ0n) is 20.8. The van der Waals surface area contributed by atoms with Crippen LogP contribution in [0.3, 0.4) is 0 Å². The van der Waals surface area contributed by atoms with Crippen LogP contribution in [0.2, 0.25) is 0 Å². The Kier molecular flexibility index (Phi) is 8.39. The van der Waals surface area contributed by atoms with Gasteiger partial charge in [-0.1, -0.05) is 73.1 Å². The van der Waals surface area contributed by atoms with Crippen molar-refractivity contribution in [3.63, 3.8) is 0 Å². The molecule has 0 aromatic heterocycles. The number of carbonyl (C=O) groups excluding carboxylic acids is 2. The summed E-state index contributed by atoms with van der Waals surface area (Å²) >= 11 is 4.28. The molecule has 1 saturated heterocycles. The second-order valence-corrected chi connectivity index (χ2v) is 11.4. The van der Waals surface area contributed by atoms with Gasteiger partial charge in [-0.25, -0.2) is 4.39 Å². The lowest BCUT2D eigenvalue weighted by Gasteiger charge is -2.19. The molecule has 3 aromatic carbocycles. The predicted molar refractivity (Wildman–Crippen MR) is 148 cm³/mol. The first-order valence-corrected chi connectivity index (χ1v) is 13.4. The topological polar surface area (TPSA) is 55.8 Å². The third-order valence-electron chi connectivity index (χ3n) is 5.75. The molecular weight excluding hydrogens is 557 g/mol. The smallest absolute Gasteiger partial charge is 0.293 e. The first-order valence-electron chi connectivity index (χ1n) is 11.8. The van der Waals surface area contributed by atoms with E-state index in [2.05, 4.69) is 48.8 Å². The number of ether oxygens (including phenoxy) is 2. The SMILES string of the molecule is CC(C)(C)c1ccc(OCCOc2cc(Br)ccc2/C=C2\SC(=O)N(Cc3ccccc3F)C2=O)cc1. The van der Waals surface area contributed by atoms with Crippen LogP contribution in [0.4, 0.5) is 9.18 Å². The van der Waals surface area contributed by atoms with E-state index in [1.807, 2.05) is 18.2 Å². The highest BCUT2D eigenvalue weighted by atomic mass is 79.9. The zero-order valence-corrected chi connectivity index (χ0v) is 23.2. The number of amides is 2. The molecule has 192 valence electrons. The third kappa shape index (κ3) is 6.81. The fraction of sp³-hybridized carbons (Fsp3) is 0.241. The van der Waals surface area contributed by atoms with Crippen molar-refractivity contribution in [2.24, 2.45) is 0 Å². The summed E-state index contributed by atoms with van der Waals surface area (Å²) in [5.41, 5.74) is 2.24. The molecule has 2 amide bonds. The molecule has 0 N–H and O–H groups in total. The summed E-state index contributed by atoms with van der Waals surface area (Å²) in [6.45, 7) is 6.99. The average molecular weight is 585 g/mol. The van der Waals surface area contributed by atoms with Gasteiger partial charge in [0.2, 0.25) is 0 Å². The van der Waals surface area contributed by atoms with E-state index in [1.54, 1.807) is 36.4 Å². The van der Waals surface area contributed by atoms with Crippen molar-refractivity contribution in [1.29, 1.82) is 0 Å². The van der Waals surface area contributed by atoms with Gasteiger partial charge in [0.15, 0.2) is 0 Å². The molecular formula is C29H27BrFNO4S. The van der Waals surface area contributed by atoms with Crippen LogP contribution in [0.15, 0.2) is 76.1 Å². The minimum atomic E-state index is -0.464. The fourth-order valence-electron chi connectivity index (χ4n) is 3.69. The number of benzene rings is 3. The Hall–Kier alpha value is -3.10. The minimum absolute atomic E-state index is 0.0750. The van der Waals surface area contributed by atoms with E-state index in [0.29, 0.717) is 17.9 Å². The van der Waals surface area contributed by atoms with Gasteiger partial charge >= 0.3 is 0 Å². The Morgan fingerprint density at radius 3 is 2.38 bits per heavy atom. The van der Waals surface area contributed by atoms with Crippen molar-refractivity contribution >= 4 is 44.9 Å². The van der Waals surface area contributed by atoms with E-state index in [1.165, 1.54) is 11.6 Å². The van der Waals surface area contributed by atoms with E-state index in [4.69, 9.17) is 9.47 Å². The number of rotatable bonds is 8. The number of halogens is 2. The number of carbonyl (C=O) groups is 2. The van der Waals surface area contributed by atoms with Crippen LogP contribution >= 0.6 is 27.7 Å². The van der Waals surface area contributed by atoms with Crippen LogP contribution in [0.25, 0.3) is 6.08 Å². The van der Waals surface area contributed by atoms with E-state index in [9.17, 15) is 14.0 Å². The molecule has 0 aliphatic carbocycles. The fourth-order valence-corrected chi connectivity index (χ4v) is 4.86. The van der Waals surface area contributed by atoms with Crippen molar-refractivity contribution in [2.45, 2.75) is 32.7 Å². The second-order valence-electron chi connectivity index (χ2n) is 9.51. The van der Waals surface area contributed by atoms with Crippen molar-refractivity contribution in [2.75, 3.05) is 13.2 Å². The van der Waals surface area contributed by atoms with Crippen molar-refractivity contribution in [1.82, 2.24) is 4.90 Å². The maximum Gasteiger partial charge on any atom is 0.293 e. The summed E-state index contributed by atoms with van der Waals surface area (Å²) < 4.78 is 26.6. The Bertz CT molecular complexity index is 1330. The van der Waals surface area contributed by atoms with Crippen LogP contribution in [0.5, 0.6) is 11.5 Å². The number of hydrogen-bond donors (Lipinski definition) is 0. The van der Waals surface area contributed by atoms with Gasteiger partial charge in [-0.3, -0.25) is 14.5 Å². The van der Waals surface area contributed by atoms with Gasteiger partial charge in [0.25, 0.3) is 11.1 Å². The largest absolute Gasteiger partial charge is 0.490 e. The van der Waals surface area contributed by atoms with Crippen molar-refractivity contribution in [3.05, 3.63) is 98.6 Å². The molecule has 1 fully saturated rings. The molecule has 5 nitrogen and oxygen atoms in total. The van der Waals surface area contributed by atoms with Gasteiger partial charge in [-0.15, -0.1) is 0 Å². The lowest BCUT2D eigenvalue weighted by Crippen LogP contribution is -2.27. The molecule has 0 bridgehead atoms. The van der Waals surface area contributed by atoms with Gasteiger partial charge in [0, 0.05) is 15.6 Å². The quantitative estimate of drug-likeness (QED) is 0.202. The van der Waals surface area contributed by atoms with Gasteiger partial charge in [0.1, 0.15) is 30.5 Å². The molecule has 0 saturated carbocycles. The van der Waals surface area contributed by atoms with Crippen LogP contribution in [0, 0.1) is 5.82 Å². The Morgan fingerprint density at radius 2 is 1.68 bits per heavy atom. The standard InChI is InChI=1S/C29H27BrFNO4S/c1-29(2,3)21-9-12-23(13-10-21)35-14-15-36-25-17-22(30)11-8-19(25)16-26-27(33)32(28(34)37-26)18-20-6-4-5-7-24(20)31/h4-13,16-17H,14-15,18H2,1-3H3/b26-16-. The van der Waals surface area contributed by atoms with Crippen LogP contribution < -0.4 is 9.47 Å². The molecule has 1 heterocycles. The molecule has 37 heavy (non-hydrogen) atoms. The second kappa shape index (κ2) is 11.5. The van der Waals surface area contributed by atoms with Gasteiger partial charge in [-0.2, -0.15) is 0 Å². The summed E-state index contributed by atoms with van der Waals surface area (Å²) in [4.78, 5) is 26.8. The summed E-state index contributed by atoms with van der Waals surface area (Å²) in [5, 5.41) is -0.440. The normalized spacial score (nSPS) is 14.9. The molecule has 1 aliphatic heterocycles. The maximum atomic E-state index is 14.1. The number of hydrogen-bond acceptors (Lipinski definition) is 5. The first-order chi connectivity index (χ1) is 17.6. The predicted octanol–water partition coefficient (Wildman–Crippen LogP) is 7.58. The molecule has 0 unspecified atom stereocenters. The minimum Gasteiger partial charge on any atom is -0.490 e. The number of thioether (sulfide) groups is 1. The van der Waals surface area contributed by atoms with Gasteiger partial charge in [-0.05, 0) is 59.1 Å². The highest BCUT2D eigenvalue weighted by Crippen LogP contribution is 2.36. The van der Waals surface area contributed by atoms with E-state index in [-0.39, 0.29) is 29.0 Å². The Morgan fingerprint density at radius 1 is 0.973 bits per heavy atom. The third-order valence-corrected chi connectivity index (χ3v) is 7.15. The lowest BCUT2D eigenvalue weighted by molar-refractivity contribution is -0.123. The molecule has 3 aromatic rings. The monoisotopic (exact) mass is 583 g/mol. The highest BCUT2D eigenvalue weighted by molar-refractivity contribution is 9.10. The number of nitrogens with zero attached hydrogens (tertiary/aromatic N) is 1. The number of imide groups is 1.